The zero-order valence-corrected chi connectivity index (χ0v) is 17.2. The highest BCUT2D eigenvalue weighted by Crippen LogP contribution is 2.34. The molecular formula is C19H36N4O3. The topological polar surface area (TPSA) is 88.2 Å². The first-order valence-corrected chi connectivity index (χ1v) is 9.51. The number of guanidine groups is 1. The second kappa shape index (κ2) is 9.24. The Morgan fingerprint density at radius 3 is 2.54 bits per heavy atom. The molecular weight excluding hydrogens is 332 g/mol. The van der Waals surface area contributed by atoms with Crippen LogP contribution in [-0.2, 0) is 9.53 Å². The Kier molecular flexibility index (Phi) is 7.90. The number of rotatable bonds is 6. The molecule has 2 atom stereocenters. The largest absolute Gasteiger partial charge is 0.444 e. The number of aldehydes is 1. The van der Waals surface area contributed by atoms with Gasteiger partial charge in [0.1, 0.15) is 17.4 Å². The lowest BCUT2D eigenvalue weighted by Gasteiger charge is -2.41. The lowest BCUT2D eigenvalue weighted by Crippen LogP contribution is -2.51. The molecule has 26 heavy (non-hydrogen) atoms. The van der Waals surface area contributed by atoms with Gasteiger partial charge in [0.2, 0.25) is 0 Å². The maximum atomic E-state index is 12.5. The van der Waals surface area contributed by atoms with E-state index in [4.69, 9.17) is 10.5 Å². The van der Waals surface area contributed by atoms with Crippen molar-refractivity contribution < 1.29 is 14.3 Å². The number of carbonyl (C=O) groups is 2. The number of hydrogen-bond acceptors (Lipinski definition) is 4. The van der Waals surface area contributed by atoms with Gasteiger partial charge in [0.05, 0.1) is 0 Å². The lowest BCUT2D eigenvalue weighted by atomic mass is 9.77. The molecule has 0 aromatic rings. The van der Waals surface area contributed by atoms with Crippen LogP contribution in [0.3, 0.4) is 0 Å². The second-order valence-corrected chi connectivity index (χ2v) is 8.34. The van der Waals surface area contributed by atoms with Crippen LogP contribution in [0, 0.1) is 5.92 Å². The number of likely N-dealkylation sites (tertiary alicyclic amines) is 1. The van der Waals surface area contributed by atoms with Crippen LogP contribution in [0.4, 0.5) is 4.79 Å². The number of ether oxygens (including phenoxy) is 1. The summed E-state index contributed by atoms with van der Waals surface area (Å²) in [7, 11) is 3.62. The first-order valence-electron chi connectivity index (χ1n) is 9.51. The Morgan fingerprint density at radius 2 is 2.04 bits per heavy atom. The smallest absolute Gasteiger partial charge is 0.410 e. The number of piperidine rings is 1. The first-order chi connectivity index (χ1) is 12.0. The normalized spacial score (nSPS) is 21.1. The van der Waals surface area contributed by atoms with E-state index >= 15 is 0 Å². The molecule has 1 heterocycles. The van der Waals surface area contributed by atoms with Gasteiger partial charge in [-0.15, -0.1) is 0 Å². The Balaban J connectivity index is 3.07. The average Bonchev–Trinajstić information content (AvgIpc) is 2.57. The van der Waals surface area contributed by atoms with Gasteiger partial charge in [-0.1, -0.05) is 19.8 Å². The van der Waals surface area contributed by atoms with Gasteiger partial charge in [-0.3, -0.25) is 0 Å². The van der Waals surface area contributed by atoms with Crippen molar-refractivity contribution >= 4 is 18.3 Å². The molecule has 1 rings (SSSR count). The first kappa shape index (κ1) is 22.3. The summed E-state index contributed by atoms with van der Waals surface area (Å²) in [4.78, 5) is 32.7. The molecule has 0 aromatic heterocycles. The molecule has 0 aliphatic carbocycles. The number of nitrogens with two attached hydrogens (primary N) is 1. The van der Waals surface area contributed by atoms with Gasteiger partial charge in [0.25, 0.3) is 0 Å². The molecule has 0 aromatic carbocycles. The number of hydrogen-bond donors (Lipinski definition) is 1. The molecule has 0 spiro atoms. The number of nitrogens with zero attached hydrogens (tertiary/aromatic N) is 3. The second-order valence-electron chi connectivity index (χ2n) is 8.34. The van der Waals surface area contributed by atoms with Crippen molar-refractivity contribution in [3.05, 3.63) is 0 Å². The fourth-order valence-electron chi connectivity index (χ4n) is 3.18. The number of carbonyl (C=O) groups excluding carboxylic acids is 2. The van der Waals surface area contributed by atoms with Gasteiger partial charge < -0.3 is 25.1 Å². The molecule has 150 valence electrons. The van der Waals surface area contributed by atoms with Crippen molar-refractivity contribution in [3.63, 3.8) is 0 Å². The van der Waals surface area contributed by atoms with Gasteiger partial charge in [-0.05, 0) is 40.0 Å². The summed E-state index contributed by atoms with van der Waals surface area (Å²) in [6.07, 6.45) is 4.74. The minimum Gasteiger partial charge on any atom is -0.444 e. The van der Waals surface area contributed by atoms with Gasteiger partial charge in [-0.2, -0.15) is 0 Å². The highest BCUT2D eigenvalue weighted by Gasteiger charge is 2.42. The maximum Gasteiger partial charge on any atom is 0.410 e. The molecule has 7 heteroatoms. The summed E-state index contributed by atoms with van der Waals surface area (Å²) in [6, 6.07) is 0. The van der Waals surface area contributed by atoms with Crippen LogP contribution in [0.5, 0.6) is 0 Å². The third-order valence-electron chi connectivity index (χ3n) is 4.70. The van der Waals surface area contributed by atoms with Crippen molar-refractivity contribution in [1.82, 2.24) is 9.80 Å². The minimum absolute atomic E-state index is 0.0636. The summed E-state index contributed by atoms with van der Waals surface area (Å²) >= 11 is 0. The fourth-order valence-corrected chi connectivity index (χ4v) is 3.18. The van der Waals surface area contributed by atoms with Crippen molar-refractivity contribution in [2.24, 2.45) is 16.6 Å². The van der Waals surface area contributed by atoms with Crippen molar-refractivity contribution in [2.45, 2.75) is 70.9 Å². The van der Waals surface area contributed by atoms with Crippen LogP contribution in [-0.4, -0.2) is 66.5 Å². The Morgan fingerprint density at radius 1 is 1.38 bits per heavy atom. The van der Waals surface area contributed by atoms with Crippen LogP contribution in [0.25, 0.3) is 0 Å². The molecule has 0 radical (unpaired) electrons. The highest BCUT2D eigenvalue weighted by molar-refractivity contribution is 5.81. The third-order valence-corrected chi connectivity index (χ3v) is 4.70. The van der Waals surface area contributed by atoms with Crippen LogP contribution in [0.1, 0.15) is 59.8 Å². The van der Waals surface area contributed by atoms with E-state index in [9.17, 15) is 9.59 Å². The summed E-state index contributed by atoms with van der Waals surface area (Å²) in [5, 5.41) is 0. The number of amides is 1. The maximum absolute atomic E-state index is 12.5. The predicted octanol–water partition coefficient (Wildman–Crippen LogP) is 2.64. The fraction of sp³-hybridized carbons (Fsp3) is 0.842. The molecule has 1 aliphatic heterocycles. The van der Waals surface area contributed by atoms with E-state index in [1.165, 1.54) is 0 Å². The van der Waals surface area contributed by atoms with Crippen LogP contribution in [0.2, 0.25) is 0 Å². The summed E-state index contributed by atoms with van der Waals surface area (Å²) in [6.45, 7) is 8.74. The Hall–Kier alpha value is -1.79. The molecule has 0 saturated carbocycles. The van der Waals surface area contributed by atoms with E-state index in [0.29, 0.717) is 25.5 Å². The van der Waals surface area contributed by atoms with Gasteiger partial charge in [-0.25, -0.2) is 9.79 Å². The Labute approximate surface area is 157 Å². The summed E-state index contributed by atoms with van der Waals surface area (Å²) in [5.41, 5.74) is 4.61. The molecule has 2 unspecified atom stereocenters. The van der Waals surface area contributed by atoms with Gasteiger partial charge in [0.15, 0.2) is 5.96 Å². The van der Waals surface area contributed by atoms with Crippen molar-refractivity contribution in [2.75, 3.05) is 27.2 Å². The predicted molar refractivity (Wildman–Crippen MR) is 104 cm³/mol. The summed E-state index contributed by atoms with van der Waals surface area (Å²) < 4.78 is 5.50. The highest BCUT2D eigenvalue weighted by atomic mass is 16.6. The summed E-state index contributed by atoms with van der Waals surface area (Å²) in [5.74, 6) is 0.272. The van der Waals surface area contributed by atoms with E-state index < -0.39 is 11.1 Å². The molecule has 0 bridgehead atoms. The SMILES string of the molecule is CCCCC(C=O)(N=C(N)N(C)C)C1CCCN(C(=O)OC(C)(C)C)C1. The molecule has 1 amide bonds. The monoisotopic (exact) mass is 368 g/mol. The standard InChI is InChI=1S/C19H36N4O3/c1-7-8-11-19(14-24,21-16(20)22(5)6)15-10-9-12-23(13-15)17(25)26-18(2,3)4/h14-15H,7-13H2,1-6H3,(H2,20,21). The van der Waals surface area contributed by atoms with Crippen molar-refractivity contribution in [1.29, 1.82) is 0 Å². The van der Waals surface area contributed by atoms with Gasteiger partial charge in [0, 0.05) is 33.1 Å². The molecule has 7 nitrogen and oxygen atoms in total. The number of unbranched alkanes of at least 4 members (excludes halogenated alkanes) is 1. The third kappa shape index (κ3) is 6.18. The van der Waals surface area contributed by atoms with Crippen LogP contribution < -0.4 is 5.73 Å². The molecule has 2 N–H and O–H groups in total. The van der Waals surface area contributed by atoms with E-state index in [1.807, 2.05) is 34.9 Å². The molecule has 1 aliphatic rings. The van der Waals surface area contributed by atoms with E-state index in [2.05, 4.69) is 11.9 Å². The van der Waals surface area contributed by atoms with Crippen LogP contribution in [0.15, 0.2) is 4.99 Å². The lowest BCUT2D eigenvalue weighted by molar-refractivity contribution is -0.115. The quantitative estimate of drug-likeness (QED) is 0.442. The van der Waals surface area contributed by atoms with Gasteiger partial charge >= 0.3 is 6.09 Å². The van der Waals surface area contributed by atoms with Crippen molar-refractivity contribution in [3.8, 4) is 0 Å². The zero-order valence-electron chi connectivity index (χ0n) is 17.2. The average molecular weight is 369 g/mol. The molecule has 1 saturated heterocycles. The zero-order chi connectivity index (χ0) is 20.0. The van der Waals surface area contributed by atoms with E-state index in [-0.39, 0.29) is 12.0 Å². The minimum atomic E-state index is -0.898. The van der Waals surface area contributed by atoms with E-state index in [1.54, 1.807) is 9.80 Å². The van der Waals surface area contributed by atoms with E-state index in [0.717, 1.165) is 32.0 Å². The Bertz CT molecular complexity index is 513. The van der Waals surface area contributed by atoms with Crippen LogP contribution >= 0.6 is 0 Å². The number of aliphatic imine (C=N–C) groups is 1. The molecule has 1 fully saturated rings.